The van der Waals surface area contributed by atoms with Crippen LogP contribution in [0.15, 0.2) is 0 Å². The normalized spacial score (nSPS) is 33.2. The van der Waals surface area contributed by atoms with Crippen molar-refractivity contribution in [1.29, 1.82) is 0 Å². The molecule has 2 atom stereocenters. The van der Waals surface area contributed by atoms with Gasteiger partial charge in [-0.1, -0.05) is 0 Å². The zero-order valence-corrected chi connectivity index (χ0v) is 10.8. The second-order valence-electron chi connectivity index (χ2n) is 6.06. The van der Waals surface area contributed by atoms with Crippen LogP contribution in [-0.4, -0.2) is 54.2 Å². The van der Waals surface area contributed by atoms with Crippen LogP contribution in [0, 0.1) is 11.8 Å². The van der Waals surface area contributed by atoms with Crippen molar-refractivity contribution in [2.45, 2.75) is 38.8 Å². The van der Waals surface area contributed by atoms with Crippen molar-refractivity contribution in [2.24, 2.45) is 11.8 Å². The third-order valence-corrected chi connectivity index (χ3v) is 4.29. The smallest absolute Gasteiger partial charge is 0.410 e. The minimum Gasteiger partial charge on any atom is -0.446 e. The highest BCUT2D eigenvalue weighted by molar-refractivity contribution is 5.68. The van der Waals surface area contributed by atoms with Gasteiger partial charge in [0.1, 0.15) is 6.10 Å². The molecule has 2 heterocycles. The van der Waals surface area contributed by atoms with Gasteiger partial charge in [0.25, 0.3) is 0 Å². The first-order valence-corrected chi connectivity index (χ1v) is 6.83. The summed E-state index contributed by atoms with van der Waals surface area (Å²) in [7, 11) is 0. The minimum atomic E-state index is -0.0713. The fraction of sp³-hybridized carbons (Fsp3) is 0.923. The zero-order valence-electron chi connectivity index (χ0n) is 10.8. The van der Waals surface area contributed by atoms with E-state index >= 15 is 0 Å². The van der Waals surface area contributed by atoms with Crippen molar-refractivity contribution in [1.82, 2.24) is 9.80 Å². The first-order valence-electron chi connectivity index (χ1n) is 6.83. The fourth-order valence-corrected chi connectivity index (χ4v) is 3.00. The Bertz CT molecular complexity index is 301. The SMILES string of the molecule is CC(C)N1CC2CN(C(=O)OC3CC3)CC2C1. The molecule has 3 fully saturated rings. The summed E-state index contributed by atoms with van der Waals surface area (Å²) in [5.41, 5.74) is 0. The van der Waals surface area contributed by atoms with E-state index in [4.69, 9.17) is 4.74 Å². The molecule has 17 heavy (non-hydrogen) atoms. The van der Waals surface area contributed by atoms with E-state index in [-0.39, 0.29) is 12.2 Å². The van der Waals surface area contributed by atoms with Crippen LogP contribution in [0.25, 0.3) is 0 Å². The highest BCUT2D eigenvalue weighted by Gasteiger charge is 2.43. The predicted molar refractivity (Wildman–Crippen MR) is 64.8 cm³/mol. The van der Waals surface area contributed by atoms with Gasteiger partial charge in [0.15, 0.2) is 0 Å². The van der Waals surface area contributed by atoms with E-state index in [1.807, 2.05) is 4.90 Å². The summed E-state index contributed by atoms with van der Waals surface area (Å²) in [6.45, 7) is 8.60. The molecule has 2 unspecified atom stereocenters. The van der Waals surface area contributed by atoms with Gasteiger partial charge in [0.2, 0.25) is 0 Å². The number of rotatable bonds is 2. The Balaban J connectivity index is 1.52. The molecule has 0 aromatic rings. The van der Waals surface area contributed by atoms with Gasteiger partial charge in [-0.2, -0.15) is 0 Å². The van der Waals surface area contributed by atoms with Crippen molar-refractivity contribution in [3.05, 3.63) is 0 Å². The average Bonchev–Trinajstić information content (AvgIpc) is 2.85. The highest BCUT2D eigenvalue weighted by atomic mass is 16.6. The second kappa shape index (κ2) is 4.16. The number of hydrogen-bond donors (Lipinski definition) is 0. The van der Waals surface area contributed by atoms with E-state index in [9.17, 15) is 4.79 Å². The van der Waals surface area contributed by atoms with Crippen molar-refractivity contribution in [3.8, 4) is 0 Å². The molecule has 3 aliphatic rings. The van der Waals surface area contributed by atoms with Gasteiger partial charge in [-0.15, -0.1) is 0 Å². The van der Waals surface area contributed by atoms with Crippen LogP contribution >= 0.6 is 0 Å². The van der Waals surface area contributed by atoms with E-state index in [1.165, 1.54) is 0 Å². The molecule has 0 radical (unpaired) electrons. The summed E-state index contributed by atoms with van der Waals surface area (Å²) >= 11 is 0. The third-order valence-electron chi connectivity index (χ3n) is 4.29. The Labute approximate surface area is 103 Å². The maximum Gasteiger partial charge on any atom is 0.410 e. The molecule has 0 aromatic carbocycles. The molecule has 1 aliphatic carbocycles. The topological polar surface area (TPSA) is 32.8 Å². The van der Waals surface area contributed by atoms with Crippen LogP contribution in [0.3, 0.4) is 0 Å². The van der Waals surface area contributed by atoms with Crippen molar-refractivity contribution >= 4 is 6.09 Å². The Morgan fingerprint density at radius 3 is 2.18 bits per heavy atom. The van der Waals surface area contributed by atoms with E-state index in [0.717, 1.165) is 39.0 Å². The van der Waals surface area contributed by atoms with Crippen molar-refractivity contribution < 1.29 is 9.53 Å². The molecule has 0 aromatic heterocycles. The molecule has 0 bridgehead atoms. The van der Waals surface area contributed by atoms with Gasteiger partial charge < -0.3 is 14.5 Å². The van der Waals surface area contributed by atoms with Gasteiger partial charge in [-0.3, -0.25) is 0 Å². The molecule has 0 spiro atoms. The maximum atomic E-state index is 11.8. The molecule has 4 nitrogen and oxygen atoms in total. The minimum absolute atomic E-state index is 0.0713. The van der Waals surface area contributed by atoms with Gasteiger partial charge in [0, 0.05) is 32.2 Å². The molecule has 2 saturated heterocycles. The second-order valence-corrected chi connectivity index (χ2v) is 6.06. The molecule has 1 amide bonds. The quantitative estimate of drug-likeness (QED) is 0.732. The third kappa shape index (κ3) is 2.28. The number of amides is 1. The van der Waals surface area contributed by atoms with Crippen LogP contribution in [0.2, 0.25) is 0 Å². The molecular weight excluding hydrogens is 216 g/mol. The summed E-state index contributed by atoms with van der Waals surface area (Å²) in [5.74, 6) is 1.34. The summed E-state index contributed by atoms with van der Waals surface area (Å²) in [6.07, 6.45) is 2.29. The standard InChI is InChI=1S/C13H22N2O2/c1-9(2)14-5-10-7-15(8-11(10)6-14)13(16)17-12-3-4-12/h9-12H,3-8H2,1-2H3. The number of likely N-dealkylation sites (tertiary alicyclic amines) is 2. The number of nitrogens with zero attached hydrogens (tertiary/aromatic N) is 2. The number of carbonyl (C=O) groups excluding carboxylic acids is 1. The Kier molecular flexibility index (Phi) is 2.77. The number of carbonyl (C=O) groups is 1. The lowest BCUT2D eigenvalue weighted by Crippen LogP contribution is -2.36. The number of fused-ring (bicyclic) bond motifs is 1. The molecule has 4 heteroatoms. The van der Waals surface area contributed by atoms with E-state index < -0.39 is 0 Å². The van der Waals surface area contributed by atoms with E-state index in [2.05, 4.69) is 18.7 Å². The van der Waals surface area contributed by atoms with Crippen molar-refractivity contribution in [3.63, 3.8) is 0 Å². The van der Waals surface area contributed by atoms with Crippen LogP contribution in [0.5, 0.6) is 0 Å². The molecule has 0 N–H and O–H groups in total. The Hall–Kier alpha value is -0.770. The zero-order chi connectivity index (χ0) is 12.0. The van der Waals surface area contributed by atoms with Gasteiger partial charge >= 0.3 is 6.09 Å². The first kappa shape index (κ1) is 11.3. The van der Waals surface area contributed by atoms with Crippen molar-refractivity contribution in [2.75, 3.05) is 26.2 Å². The first-order chi connectivity index (χ1) is 8.13. The van der Waals surface area contributed by atoms with E-state index in [0.29, 0.717) is 17.9 Å². The summed E-state index contributed by atoms with van der Waals surface area (Å²) in [6, 6.07) is 0.632. The van der Waals surface area contributed by atoms with Crippen LogP contribution < -0.4 is 0 Å². The van der Waals surface area contributed by atoms with Crippen LogP contribution in [0.4, 0.5) is 4.79 Å². The molecule has 96 valence electrons. The van der Waals surface area contributed by atoms with Gasteiger partial charge in [-0.25, -0.2) is 4.79 Å². The lowest BCUT2D eigenvalue weighted by Gasteiger charge is -2.23. The number of hydrogen-bond acceptors (Lipinski definition) is 3. The largest absolute Gasteiger partial charge is 0.446 e. The maximum absolute atomic E-state index is 11.8. The Morgan fingerprint density at radius 1 is 1.12 bits per heavy atom. The molecule has 1 saturated carbocycles. The van der Waals surface area contributed by atoms with Crippen LogP contribution in [-0.2, 0) is 4.74 Å². The van der Waals surface area contributed by atoms with Gasteiger partial charge in [-0.05, 0) is 38.5 Å². The predicted octanol–water partition coefficient (Wildman–Crippen LogP) is 1.56. The fourth-order valence-electron chi connectivity index (χ4n) is 3.00. The molecular formula is C13H22N2O2. The van der Waals surface area contributed by atoms with E-state index in [1.54, 1.807) is 0 Å². The molecule has 2 aliphatic heterocycles. The highest BCUT2D eigenvalue weighted by Crippen LogP contribution is 2.33. The van der Waals surface area contributed by atoms with Crippen LogP contribution in [0.1, 0.15) is 26.7 Å². The lowest BCUT2D eigenvalue weighted by atomic mass is 10.0. The lowest BCUT2D eigenvalue weighted by molar-refractivity contribution is 0.0988. The molecule has 3 rings (SSSR count). The summed E-state index contributed by atoms with van der Waals surface area (Å²) in [5, 5.41) is 0. The number of ether oxygens (including phenoxy) is 1. The Morgan fingerprint density at radius 2 is 1.71 bits per heavy atom. The summed E-state index contributed by atoms with van der Waals surface area (Å²) < 4.78 is 5.36. The summed E-state index contributed by atoms with van der Waals surface area (Å²) in [4.78, 5) is 16.3. The monoisotopic (exact) mass is 238 g/mol. The average molecular weight is 238 g/mol. The van der Waals surface area contributed by atoms with Gasteiger partial charge in [0.05, 0.1) is 0 Å².